The second kappa shape index (κ2) is 9.36. The van der Waals surface area contributed by atoms with E-state index in [2.05, 4.69) is 19.2 Å². The lowest BCUT2D eigenvalue weighted by atomic mass is 9.68. The van der Waals surface area contributed by atoms with Crippen molar-refractivity contribution in [1.29, 1.82) is 0 Å². The number of benzene rings is 2. The molecule has 6 heteroatoms. The molecule has 4 rings (SSSR count). The number of rotatable bonds is 5. The van der Waals surface area contributed by atoms with E-state index in [4.69, 9.17) is 27.9 Å². The van der Waals surface area contributed by atoms with Crippen molar-refractivity contribution in [2.45, 2.75) is 46.0 Å². The highest BCUT2D eigenvalue weighted by Gasteiger charge is 2.43. The molecule has 1 N–H and O–H groups in total. The van der Waals surface area contributed by atoms with Crippen LogP contribution in [0.15, 0.2) is 71.1 Å². The molecule has 1 aliphatic heterocycles. The first-order valence-electron chi connectivity index (χ1n) is 11.1. The maximum absolute atomic E-state index is 13.3. The Morgan fingerprint density at radius 2 is 1.82 bits per heavy atom. The van der Waals surface area contributed by atoms with E-state index in [-0.39, 0.29) is 17.8 Å². The van der Waals surface area contributed by atoms with Crippen LogP contribution >= 0.6 is 23.2 Å². The molecule has 1 heterocycles. The Kier molecular flexibility index (Phi) is 6.69. The summed E-state index contributed by atoms with van der Waals surface area (Å²) in [5.74, 6) is -0.952. The highest BCUT2D eigenvalue weighted by molar-refractivity contribution is 6.42. The standard InChI is InChI=1S/C27H27Cl2NO3/c1-16-23(26(32)33-12-11-17-7-5-4-6-8-17)24(18-9-10-19(28)20(29)13-18)25-21(30-16)14-27(2,3)15-22(25)31/h4-10,13,24,30H,11-12,14-15H2,1-3H3. The fourth-order valence-corrected chi connectivity index (χ4v) is 5.02. The molecule has 0 spiro atoms. The average Bonchev–Trinajstić information content (AvgIpc) is 2.74. The number of halogens is 2. The van der Waals surface area contributed by atoms with Gasteiger partial charge < -0.3 is 10.1 Å². The lowest BCUT2D eigenvalue weighted by molar-refractivity contribution is -0.139. The summed E-state index contributed by atoms with van der Waals surface area (Å²) in [7, 11) is 0. The first-order valence-corrected chi connectivity index (χ1v) is 11.8. The maximum atomic E-state index is 13.3. The first-order chi connectivity index (χ1) is 15.7. The highest BCUT2D eigenvalue weighted by Crippen LogP contribution is 2.47. The molecule has 2 aromatic carbocycles. The van der Waals surface area contributed by atoms with E-state index in [1.807, 2.05) is 43.3 Å². The Balaban J connectivity index is 1.69. The molecule has 1 unspecified atom stereocenters. The molecule has 0 fully saturated rings. The molecule has 0 saturated heterocycles. The van der Waals surface area contributed by atoms with Crippen LogP contribution in [0, 0.1) is 5.41 Å². The van der Waals surface area contributed by atoms with Gasteiger partial charge in [-0.3, -0.25) is 4.79 Å². The van der Waals surface area contributed by atoms with Gasteiger partial charge in [0.1, 0.15) is 0 Å². The monoisotopic (exact) mass is 483 g/mol. The lowest BCUT2D eigenvalue weighted by Gasteiger charge is -2.39. The van der Waals surface area contributed by atoms with Crippen molar-refractivity contribution in [1.82, 2.24) is 5.32 Å². The Bertz CT molecular complexity index is 1170. The van der Waals surface area contributed by atoms with Gasteiger partial charge in [0.15, 0.2) is 5.78 Å². The SMILES string of the molecule is CC1=C(C(=O)OCCc2ccccc2)C(c2ccc(Cl)c(Cl)c2)C2=C(CC(C)(C)CC2=O)N1. The van der Waals surface area contributed by atoms with Crippen LogP contribution in [-0.2, 0) is 20.7 Å². The molecule has 4 nitrogen and oxygen atoms in total. The minimum atomic E-state index is -0.552. The van der Waals surface area contributed by atoms with Crippen LogP contribution in [0.4, 0.5) is 0 Å². The van der Waals surface area contributed by atoms with E-state index in [9.17, 15) is 9.59 Å². The third-order valence-electron chi connectivity index (χ3n) is 6.20. The van der Waals surface area contributed by atoms with Crippen LogP contribution in [-0.4, -0.2) is 18.4 Å². The van der Waals surface area contributed by atoms with Gasteiger partial charge in [-0.25, -0.2) is 4.79 Å². The molecule has 0 radical (unpaired) electrons. The number of hydrogen-bond donors (Lipinski definition) is 1. The van der Waals surface area contributed by atoms with Gasteiger partial charge in [0.2, 0.25) is 0 Å². The van der Waals surface area contributed by atoms with Crippen LogP contribution in [0.5, 0.6) is 0 Å². The van der Waals surface area contributed by atoms with Gasteiger partial charge in [0.25, 0.3) is 0 Å². The summed E-state index contributed by atoms with van der Waals surface area (Å²) >= 11 is 12.5. The lowest BCUT2D eigenvalue weighted by Crippen LogP contribution is -2.38. The molecule has 2 aliphatic rings. The Morgan fingerprint density at radius 3 is 2.52 bits per heavy atom. The summed E-state index contributed by atoms with van der Waals surface area (Å²) in [4.78, 5) is 26.7. The minimum Gasteiger partial charge on any atom is -0.462 e. The van der Waals surface area contributed by atoms with Gasteiger partial charge in [0, 0.05) is 35.7 Å². The van der Waals surface area contributed by atoms with Crippen LogP contribution in [0.1, 0.15) is 50.7 Å². The minimum absolute atomic E-state index is 0.0342. The number of ether oxygens (including phenoxy) is 1. The molecule has 0 aromatic heterocycles. The smallest absolute Gasteiger partial charge is 0.336 e. The van der Waals surface area contributed by atoms with Gasteiger partial charge >= 0.3 is 5.97 Å². The Labute approximate surface area is 204 Å². The number of allylic oxidation sites excluding steroid dienone is 3. The summed E-state index contributed by atoms with van der Waals surface area (Å²) in [6, 6.07) is 15.1. The zero-order valence-corrected chi connectivity index (χ0v) is 20.5. The predicted molar refractivity (Wildman–Crippen MR) is 131 cm³/mol. The van der Waals surface area contributed by atoms with Crippen molar-refractivity contribution in [2.75, 3.05) is 6.61 Å². The number of dihydropyridines is 1. The highest BCUT2D eigenvalue weighted by atomic mass is 35.5. The molecule has 33 heavy (non-hydrogen) atoms. The van der Waals surface area contributed by atoms with Crippen LogP contribution in [0.25, 0.3) is 0 Å². The number of nitrogens with one attached hydrogen (secondary N) is 1. The summed E-state index contributed by atoms with van der Waals surface area (Å²) in [5.41, 5.74) is 4.31. The molecular weight excluding hydrogens is 457 g/mol. The van der Waals surface area contributed by atoms with E-state index in [0.717, 1.165) is 23.2 Å². The van der Waals surface area contributed by atoms with Gasteiger partial charge in [-0.2, -0.15) is 0 Å². The summed E-state index contributed by atoms with van der Waals surface area (Å²) in [6.45, 7) is 6.27. The van der Waals surface area contributed by atoms with Crippen molar-refractivity contribution in [2.24, 2.45) is 5.41 Å². The van der Waals surface area contributed by atoms with Crippen LogP contribution < -0.4 is 5.32 Å². The van der Waals surface area contributed by atoms with E-state index in [1.165, 1.54) is 0 Å². The van der Waals surface area contributed by atoms with Crippen molar-refractivity contribution >= 4 is 35.0 Å². The second-order valence-corrected chi connectivity index (χ2v) is 10.3. The molecule has 1 aliphatic carbocycles. The number of ketones is 1. The zero-order valence-electron chi connectivity index (χ0n) is 19.0. The summed E-state index contributed by atoms with van der Waals surface area (Å²) < 4.78 is 5.69. The van der Waals surface area contributed by atoms with E-state index >= 15 is 0 Å². The van der Waals surface area contributed by atoms with Crippen molar-refractivity contribution in [3.05, 3.63) is 92.2 Å². The number of esters is 1. The number of carbonyl (C=O) groups is 2. The molecule has 0 bridgehead atoms. The van der Waals surface area contributed by atoms with Crippen LogP contribution in [0.3, 0.4) is 0 Å². The molecule has 1 atom stereocenters. The van der Waals surface area contributed by atoms with Gasteiger partial charge in [-0.1, -0.05) is 73.4 Å². The Morgan fingerprint density at radius 1 is 1.09 bits per heavy atom. The number of carbonyl (C=O) groups excluding carboxylic acids is 2. The van der Waals surface area contributed by atoms with E-state index in [0.29, 0.717) is 39.7 Å². The van der Waals surface area contributed by atoms with Gasteiger partial charge in [-0.15, -0.1) is 0 Å². The normalized spacial score (nSPS) is 19.8. The van der Waals surface area contributed by atoms with Crippen molar-refractivity contribution in [3.8, 4) is 0 Å². The Hall–Kier alpha value is -2.56. The largest absolute Gasteiger partial charge is 0.462 e. The fourth-order valence-electron chi connectivity index (χ4n) is 4.72. The third kappa shape index (κ3) is 5.02. The molecule has 0 saturated carbocycles. The predicted octanol–water partition coefficient (Wildman–Crippen LogP) is 6.38. The van der Waals surface area contributed by atoms with Crippen molar-refractivity contribution in [3.63, 3.8) is 0 Å². The number of hydrogen-bond acceptors (Lipinski definition) is 4. The van der Waals surface area contributed by atoms with Crippen molar-refractivity contribution < 1.29 is 14.3 Å². The first kappa shape index (κ1) is 23.6. The second-order valence-electron chi connectivity index (χ2n) is 9.47. The summed E-state index contributed by atoms with van der Waals surface area (Å²) in [6.07, 6.45) is 1.76. The summed E-state index contributed by atoms with van der Waals surface area (Å²) in [5, 5.41) is 4.15. The molecular formula is C27H27Cl2NO3. The average molecular weight is 484 g/mol. The molecule has 0 amide bonds. The topological polar surface area (TPSA) is 55.4 Å². The van der Waals surface area contributed by atoms with E-state index < -0.39 is 11.9 Å². The van der Waals surface area contributed by atoms with Gasteiger partial charge in [-0.05, 0) is 42.0 Å². The van der Waals surface area contributed by atoms with Gasteiger partial charge in [0.05, 0.1) is 22.2 Å². The van der Waals surface area contributed by atoms with E-state index in [1.54, 1.807) is 12.1 Å². The molecule has 2 aromatic rings. The zero-order chi connectivity index (χ0) is 23.8. The maximum Gasteiger partial charge on any atom is 0.336 e. The quantitative estimate of drug-likeness (QED) is 0.500. The molecule has 172 valence electrons. The van der Waals surface area contributed by atoms with Crippen LogP contribution in [0.2, 0.25) is 10.0 Å². The third-order valence-corrected chi connectivity index (χ3v) is 6.94. The fraction of sp³-hybridized carbons (Fsp3) is 0.333. The number of Topliss-reactive ketones (excluding diaryl/α,β-unsaturated/α-hetero) is 1.